The van der Waals surface area contributed by atoms with Crippen molar-refractivity contribution < 1.29 is 0 Å². The molecule has 0 aliphatic rings. The molecule has 0 unspecified atom stereocenters. The average molecular weight is 116 g/mol. The van der Waals surface area contributed by atoms with Crippen LogP contribution in [0.25, 0.3) is 0 Å². The minimum Gasteiger partial charge on any atom is -0.152 e. The van der Waals surface area contributed by atoms with Gasteiger partial charge in [-0.2, -0.15) is 5.26 Å². The maximum absolute atomic E-state index is 8.32. The molecule has 0 heterocycles. The van der Waals surface area contributed by atoms with Gasteiger partial charge in [-0.15, -0.1) is 0 Å². The Morgan fingerprint density at radius 2 is 1.86 bits per heavy atom. The second-order valence-corrected chi connectivity index (χ2v) is 4.27. The fourth-order valence-corrected chi connectivity index (χ4v) is 1.22. The van der Waals surface area contributed by atoms with Crippen molar-refractivity contribution in [2.45, 2.75) is 13.8 Å². The molecule has 2 heteroatoms. The van der Waals surface area contributed by atoms with Gasteiger partial charge in [0.05, 0.1) is 12.3 Å². The van der Waals surface area contributed by atoms with E-state index < -0.39 is 7.92 Å². The second-order valence-electron chi connectivity index (χ2n) is 1.42. The number of nitriles is 1. The van der Waals surface area contributed by atoms with Crippen LogP contribution in [0.4, 0.5) is 0 Å². The number of nitrogens with zero attached hydrogens (tertiary/aromatic N) is 1. The van der Waals surface area contributed by atoms with Crippen molar-refractivity contribution in [3.63, 3.8) is 0 Å². The van der Waals surface area contributed by atoms with Crippen LogP contribution < -0.4 is 0 Å². The van der Waals surface area contributed by atoms with Crippen LogP contribution in [0.5, 0.6) is 0 Å². The van der Waals surface area contributed by atoms with Crippen LogP contribution in [0.3, 0.4) is 0 Å². The summed E-state index contributed by atoms with van der Waals surface area (Å²) in [5, 5.41) is 8.32. The summed E-state index contributed by atoms with van der Waals surface area (Å²) in [6, 6.07) is 0. The highest BCUT2D eigenvalue weighted by molar-refractivity contribution is 7.62. The molecule has 0 saturated carbocycles. The predicted octanol–water partition coefficient (Wildman–Crippen LogP) is 1.72. The van der Waals surface area contributed by atoms with Crippen LogP contribution in [0.1, 0.15) is 13.8 Å². The molecule has 0 N–H and O–H groups in total. The smallest absolute Gasteiger partial charge is 0.152 e. The highest BCUT2D eigenvalue weighted by Gasteiger charge is 2.05. The lowest BCUT2D eigenvalue weighted by atomic mass is 11.0. The zero-order chi connectivity index (χ0) is 5.70. The van der Waals surface area contributed by atoms with Gasteiger partial charge in [0.25, 0.3) is 0 Å². The number of rotatable bonds is 2. The Labute approximate surface area is 46.1 Å². The molecule has 0 aromatic rings. The lowest BCUT2D eigenvalue weighted by Gasteiger charge is -1.86. The molecule has 1 nitrogen and oxygen atoms in total. The van der Waals surface area contributed by atoms with E-state index in [9.17, 15) is 0 Å². The van der Waals surface area contributed by atoms with E-state index in [-0.39, 0.29) is 0 Å². The molecule has 0 radical (unpaired) electrons. The van der Waals surface area contributed by atoms with Crippen LogP contribution in [-0.4, -0.2) is 12.3 Å². The summed E-state index contributed by atoms with van der Waals surface area (Å²) in [6.07, 6.45) is 2.19. The summed E-state index contributed by atoms with van der Waals surface area (Å²) in [5.41, 5.74) is 0. The van der Waals surface area contributed by atoms with E-state index in [2.05, 4.69) is 19.7 Å². The number of hydrogen-bond acceptors (Lipinski definition) is 1. The highest BCUT2D eigenvalue weighted by atomic mass is 31.1. The van der Waals surface area contributed by atoms with Crippen LogP contribution >= 0.6 is 7.92 Å². The van der Waals surface area contributed by atoms with Crippen LogP contribution in [0, 0.1) is 11.1 Å². The van der Waals surface area contributed by atoms with Crippen molar-refractivity contribution in [3.05, 3.63) is 0 Å². The van der Waals surface area contributed by atoms with Gasteiger partial charge in [-0.1, -0.05) is 0 Å². The van der Waals surface area contributed by atoms with E-state index in [1.807, 2.05) is 0 Å². The second kappa shape index (κ2) is 4.09. The van der Waals surface area contributed by atoms with Crippen LogP contribution in [0.15, 0.2) is 0 Å². The summed E-state index contributed by atoms with van der Waals surface area (Å²) in [5.74, 6) is 2.30. The molecule has 0 atom stereocenters. The van der Waals surface area contributed by atoms with Crippen LogP contribution in [0.2, 0.25) is 0 Å². The topological polar surface area (TPSA) is 23.8 Å². The molecule has 0 saturated heterocycles. The highest BCUT2D eigenvalue weighted by Crippen LogP contribution is 2.31. The van der Waals surface area contributed by atoms with Crippen molar-refractivity contribution in [2.24, 2.45) is 0 Å². The minimum atomic E-state index is -0.557. The van der Waals surface area contributed by atoms with Crippen molar-refractivity contribution in [1.29, 1.82) is 5.26 Å². The Hall–Kier alpha value is -0.0800. The van der Waals surface area contributed by atoms with Gasteiger partial charge in [-0.25, -0.2) is 0 Å². The van der Waals surface area contributed by atoms with Crippen molar-refractivity contribution in [3.8, 4) is 5.81 Å². The molecule has 7 heavy (non-hydrogen) atoms. The maximum atomic E-state index is 8.32. The first-order valence-corrected chi connectivity index (χ1v) is 4.51. The zero-order valence-corrected chi connectivity index (χ0v) is 5.86. The van der Waals surface area contributed by atoms with Crippen LogP contribution in [-0.2, 0) is 0 Å². The third kappa shape index (κ3) is 2.60. The van der Waals surface area contributed by atoms with E-state index in [1.54, 1.807) is 0 Å². The summed E-state index contributed by atoms with van der Waals surface area (Å²) in [6.45, 7) is 4.17. The largest absolute Gasteiger partial charge is 0.235 e. The van der Waals surface area contributed by atoms with Crippen molar-refractivity contribution in [2.75, 3.05) is 12.3 Å². The first kappa shape index (κ1) is 6.92. The van der Waals surface area contributed by atoms with E-state index in [0.717, 1.165) is 12.3 Å². The van der Waals surface area contributed by atoms with Crippen molar-refractivity contribution in [1.82, 2.24) is 0 Å². The zero-order valence-electron chi connectivity index (χ0n) is 4.86. The molecule has 0 aromatic carbocycles. The summed E-state index contributed by atoms with van der Waals surface area (Å²) in [7, 11) is -0.557. The Morgan fingerprint density at radius 1 is 1.43 bits per heavy atom. The molecule has 0 aliphatic carbocycles. The molecule has 0 rings (SSSR count). The summed E-state index contributed by atoms with van der Waals surface area (Å²) < 4.78 is 0. The third-order valence-corrected chi connectivity index (χ3v) is 3.04. The van der Waals surface area contributed by atoms with E-state index >= 15 is 0 Å². The lowest BCUT2D eigenvalue weighted by molar-refractivity contribution is 1.42. The Morgan fingerprint density at radius 3 is 1.86 bits per heavy atom. The molecule has 0 spiro atoms. The molecular weight excluding hydrogens is 105 g/mol. The van der Waals surface area contributed by atoms with E-state index in [0.29, 0.717) is 0 Å². The average Bonchev–Trinajstić information content (AvgIpc) is 1.72. The van der Waals surface area contributed by atoms with Gasteiger partial charge in [-0.05, 0) is 13.8 Å². The normalized spacial score (nSPS) is 8.86. The monoisotopic (exact) mass is 116 g/mol. The Bertz CT molecular complexity index is 70.6. The first-order valence-electron chi connectivity index (χ1n) is 2.59. The predicted molar refractivity (Wildman–Crippen MR) is 35.0 cm³/mol. The molecule has 0 bridgehead atoms. The minimum absolute atomic E-state index is 0.557. The number of hydrogen-bond donors (Lipinski definition) is 0. The van der Waals surface area contributed by atoms with Gasteiger partial charge in [0.15, 0.2) is 0 Å². The Balaban J connectivity index is 3.23. The van der Waals surface area contributed by atoms with Gasteiger partial charge in [0.2, 0.25) is 5.81 Å². The molecule has 0 aromatic heterocycles. The molecule has 40 valence electrons. The van der Waals surface area contributed by atoms with Gasteiger partial charge in [-0.3, -0.25) is 0 Å². The van der Waals surface area contributed by atoms with E-state index in [4.69, 9.17) is 5.26 Å². The maximum Gasteiger partial charge on any atom is 0.235 e. The molecular formula is C5H11NP+. The van der Waals surface area contributed by atoms with Gasteiger partial charge in [0, 0.05) is 0 Å². The van der Waals surface area contributed by atoms with E-state index in [1.165, 1.54) is 0 Å². The quantitative estimate of drug-likeness (QED) is 0.504. The molecule has 0 fully saturated rings. The van der Waals surface area contributed by atoms with Gasteiger partial charge in [0.1, 0.15) is 7.92 Å². The fourth-order valence-electron chi connectivity index (χ4n) is 0.408. The summed E-state index contributed by atoms with van der Waals surface area (Å²) in [4.78, 5) is 0. The SMILES string of the molecule is CC[PH+](C#N)CC. The van der Waals surface area contributed by atoms with Crippen molar-refractivity contribution >= 4 is 7.92 Å². The lowest BCUT2D eigenvalue weighted by Crippen LogP contribution is -1.75. The van der Waals surface area contributed by atoms with Gasteiger partial charge >= 0.3 is 0 Å². The Kier molecular flexibility index (Phi) is 4.04. The standard InChI is InChI=1S/C5H10NP/c1-3-7(4-2)5-6/h3-4H2,1-2H3/p+1. The molecule has 0 amide bonds. The first-order chi connectivity index (χ1) is 3.35. The summed E-state index contributed by atoms with van der Waals surface area (Å²) >= 11 is 0. The van der Waals surface area contributed by atoms with Gasteiger partial charge < -0.3 is 0 Å². The molecule has 0 aliphatic heterocycles. The fraction of sp³-hybridized carbons (Fsp3) is 0.800. The third-order valence-electron chi connectivity index (χ3n) is 1.01.